The zero-order valence-electron chi connectivity index (χ0n) is 15.0. The van der Waals surface area contributed by atoms with Gasteiger partial charge in [0.1, 0.15) is 0 Å². The second-order valence-electron chi connectivity index (χ2n) is 6.39. The van der Waals surface area contributed by atoms with E-state index >= 15 is 0 Å². The van der Waals surface area contributed by atoms with Crippen LogP contribution in [0.25, 0.3) is 33.8 Å². The highest BCUT2D eigenvalue weighted by Gasteiger charge is 2.21. The lowest BCUT2D eigenvalue weighted by molar-refractivity contribution is -0.384. The van der Waals surface area contributed by atoms with Gasteiger partial charge in [-0.3, -0.25) is 10.1 Å². The summed E-state index contributed by atoms with van der Waals surface area (Å²) < 4.78 is 8.19. The summed E-state index contributed by atoms with van der Waals surface area (Å²) in [7, 11) is 0. The number of hydrogen-bond donors (Lipinski definition) is 0. The molecule has 0 amide bonds. The number of rotatable bonds is 4. The van der Waals surface area contributed by atoms with Crippen LogP contribution < -0.4 is 0 Å². The molecule has 0 atom stereocenters. The van der Waals surface area contributed by atoms with Crippen LogP contribution >= 0.6 is 31.9 Å². The summed E-state index contributed by atoms with van der Waals surface area (Å²) in [6.07, 6.45) is 0. The number of benzene rings is 3. The van der Waals surface area contributed by atoms with Crippen LogP contribution in [0.15, 0.2) is 98.3 Å². The first-order valence-electron chi connectivity index (χ1n) is 8.74. The molecule has 3 aromatic carbocycles. The van der Waals surface area contributed by atoms with Crippen molar-refractivity contribution in [1.82, 2.24) is 0 Å². The van der Waals surface area contributed by atoms with E-state index in [9.17, 15) is 10.1 Å². The van der Waals surface area contributed by atoms with Crippen molar-refractivity contribution in [3.8, 4) is 33.8 Å². The van der Waals surface area contributed by atoms with Crippen LogP contribution in [0.5, 0.6) is 0 Å². The highest BCUT2D eigenvalue weighted by molar-refractivity contribution is 9.10. The van der Waals surface area contributed by atoms with Crippen LogP contribution in [0, 0.1) is 10.1 Å². The van der Waals surface area contributed by atoms with Gasteiger partial charge in [-0.1, -0.05) is 31.9 Å². The molecule has 0 radical (unpaired) electrons. The van der Waals surface area contributed by atoms with Gasteiger partial charge in [0.2, 0.25) is 0 Å². The van der Waals surface area contributed by atoms with E-state index in [1.54, 1.807) is 12.1 Å². The Kier molecular flexibility index (Phi) is 5.56. The molecule has 0 aliphatic carbocycles. The molecule has 0 aliphatic rings. The summed E-state index contributed by atoms with van der Waals surface area (Å²) in [5.41, 5.74) is 3.74. The second-order valence-corrected chi connectivity index (χ2v) is 8.22. The van der Waals surface area contributed by atoms with E-state index in [4.69, 9.17) is 4.42 Å². The van der Waals surface area contributed by atoms with Crippen LogP contribution in [0.3, 0.4) is 0 Å². The Morgan fingerprint density at radius 1 is 0.621 bits per heavy atom. The lowest BCUT2D eigenvalue weighted by atomic mass is 10.0. The van der Waals surface area contributed by atoms with Crippen molar-refractivity contribution >= 4 is 37.5 Å². The summed E-state index contributed by atoms with van der Waals surface area (Å²) in [6, 6.07) is 26.2. The van der Waals surface area contributed by atoms with Gasteiger partial charge in [-0.25, -0.2) is 4.42 Å². The van der Waals surface area contributed by atoms with Crippen LogP contribution in [0.4, 0.5) is 5.69 Å². The maximum absolute atomic E-state index is 11.0. The molecule has 0 saturated heterocycles. The van der Waals surface area contributed by atoms with Crippen LogP contribution in [-0.4, -0.2) is 4.92 Å². The van der Waals surface area contributed by atoms with Gasteiger partial charge in [0.15, 0.2) is 0 Å². The van der Waals surface area contributed by atoms with Gasteiger partial charge in [-0.2, -0.15) is 0 Å². The van der Waals surface area contributed by atoms with E-state index in [1.807, 2.05) is 60.7 Å². The number of nitro benzene ring substituents is 1. The minimum absolute atomic E-state index is 0.0654. The molecule has 0 unspecified atom stereocenters. The third kappa shape index (κ3) is 4.44. The van der Waals surface area contributed by atoms with E-state index in [0.29, 0.717) is 11.5 Å². The summed E-state index contributed by atoms with van der Waals surface area (Å²) in [6.45, 7) is 0. The molecule has 0 fully saturated rings. The number of hydrogen-bond acceptors (Lipinski definition) is 2. The topological polar surface area (TPSA) is 54.4 Å². The average Bonchev–Trinajstić information content (AvgIpc) is 2.74. The molecule has 4 rings (SSSR count). The fourth-order valence-corrected chi connectivity index (χ4v) is 3.49. The lowest BCUT2D eigenvalue weighted by Crippen LogP contribution is -1.89. The fraction of sp³-hybridized carbons (Fsp3) is 0. The number of halogens is 2. The fourth-order valence-electron chi connectivity index (χ4n) is 2.96. The molecule has 4 nitrogen and oxygen atoms in total. The molecular weight excluding hydrogens is 498 g/mol. The molecule has 4 aromatic rings. The Balaban J connectivity index is 1.86. The molecule has 0 saturated carbocycles. The predicted octanol–water partition coefficient (Wildman–Crippen LogP) is 7.99. The number of non-ortho nitro benzene ring substituents is 1. The molecule has 6 heteroatoms. The smallest absolute Gasteiger partial charge is 0.258 e. The molecule has 0 aliphatic heterocycles. The van der Waals surface area contributed by atoms with Gasteiger partial charge in [0.05, 0.1) is 28.2 Å². The van der Waals surface area contributed by atoms with Crippen molar-refractivity contribution < 1.29 is 9.34 Å². The van der Waals surface area contributed by atoms with Crippen LogP contribution in [0.1, 0.15) is 0 Å². The van der Waals surface area contributed by atoms with Gasteiger partial charge in [-0.05, 0) is 66.2 Å². The monoisotopic (exact) mass is 510 g/mol. The van der Waals surface area contributed by atoms with Gasteiger partial charge in [-0.15, -0.1) is 0 Å². The molecule has 0 spiro atoms. The molecule has 1 aromatic heterocycles. The van der Waals surface area contributed by atoms with E-state index in [2.05, 4.69) is 31.9 Å². The molecule has 29 heavy (non-hydrogen) atoms. The van der Waals surface area contributed by atoms with Gasteiger partial charge in [0, 0.05) is 26.6 Å². The first-order valence-corrected chi connectivity index (χ1v) is 10.3. The van der Waals surface area contributed by atoms with E-state index in [-0.39, 0.29) is 5.69 Å². The number of nitro groups is 1. The van der Waals surface area contributed by atoms with Crippen molar-refractivity contribution in [2.24, 2.45) is 0 Å². The Morgan fingerprint density at radius 3 is 1.45 bits per heavy atom. The number of nitrogens with zero attached hydrogens (tertiary/aromatic N) is 1. The largest absolute Gasteiger partial charge is 0.361 e. The summed E-state index contributed by atoms with van der Waals surface area (Å²) in [4.78, 5) is 10.6. The zero-order valence-corrected chi connectivity index (χ0v) is 18.2. The molecule has 142 valence electrons. The van der Waals surface area contributed by atoms with E-state index in [0.717, 1.165) is 31.2 Å². The minimum Gasteiger partial charge on any atom is -0.258 e. The van der Waals surface area contributed by atoms with Gasteiger partial charge >= 0.3 is 11.5 Å². The zero-order chi connectivity index (χ0) is 20.4. The average molecular weight is 512 g/mol. The summed E-state index contributed by atoms with van der Waals surface area (Å²) in [5, 5.41) is 11.0. The summed E-state index contributed by atoms with van der Waals surface area (Å²) in [5.74, 6) is 1.43. The maximum Gasteiger partial charge on any atom is 0.361 e. The SMILES string of the molecule is O=[N+]([O-])c1ccc(-c2cc(-c3ccc(Br)cc3)[o+]c(-c3ccc(Br)cc3)c2)cc1. The lowest BCUT2D eigenvalue weighted by Gasteiger charge is -2.03. The molecule has 0 N–H and O–H groups in total. The van der Waals surface area contributed by atoms with Crippen LogP contribution in [-0.2, 0) is 0 Å². The highest BCUT2D eigenvalue weighted by Crippen LogP contribution is 2.34. The van der Waals surface area contributed by atoms with Gasteiger partial charge < -0.3 is 0 Å². The Hall–Kier alpha value is -2.83. The minimum atomic E-state index is -0.398. The van der Waals surface area contributed by atoms with E-state index in [1.165, 1.54) is 12.1 Å². The van der Waals surface area contributed by atoms with Crippen LogP contribution in [0.2, 0.25) is 0 Å². The first-order chi connectivity index (χ1) is 14.0. The van der Waals surface area contributed by atoms with Gasteiger partial charge in [0.25, 0.3) is 5.69 Å². The Labute approximate surface area is 184 Å². The maximum atomic E-state index is 11.0. The third-order valence-electron chi connectivity index (χ3n) is 4.46. The molecule has 0 bridgehead atoms. The van der Waals surface area contributed by atoms with E-state index < -0.39 is 4.92 Å². The standard InChI is InChI=1S/C23H14Br2NO3/c24-19-7-1-16(2-8-19)22-13-18(15-5-11-21(12-6-15)26(27)28)14-23(29-22)17-3-9-20(25)10-4-17/h1-14H/q+1. The third-order valence-corrected chi connectivity index (χ3v) is 5.52. The summed E-state index contributed by atoms with van der Waals surface area (Å²) >= 11 is 6.91. The Bertz CT molecular complexity index is 1110. The normalized spacial score (nSPS) is 10.7. The van der Waals surface area contributed by atoms with Crippen molar-refractivity contribution in [3.05, 3.63) is 104 Å². The first kappa shape index (κ1) is 19.5. The molecular formula is C23H14Br2NO3+. The highest BCUT2D eigenvalue weighted by atomic mass is 79.9. The predicted molar refractivity (Wildman–Crippen MR) is 121 cm³/mol. The van der Waals surface area contributed by atoms with Crippen molar-refractivity contribution in [3.63, 3.8) is 0 Å². The quantitative estimate of drug-likeness (QED) is 0.158. The van der Waals surface area contributed by atoms with Crippen molar-refractivity contribution in [1.29, 1.82) is 0 Å². The Morgan fingerprint density at radius 2 is 1.03 bits per heavy atom. The van der Waals surface area contributed by atoms with Crippen molar-refractivity contribution in [2.45, 2.75) is 0 Å². The second kappa shape index (κ2) is 8.27. The van der Waals surface area contributed by atoms with Crippen molar-refractivity contribution in [2.75, 3.05) is 0 Å². The molecule has 1 heterocycles.